The third kappa shape index (κ3) is 5.91. The van der Waals surface area contributed by atoms with Crippen LogP contribution in [0.25, 0.3) is 6.08 Å². The molecule has 0 saturated heterocycles. The fraction of sp³-hybridized carbons (Fsp3) is 0.500. The molecule has 24 heavy (non-hydrogen) atoms. The first kappa shape index (κ1) is 18.4. The number of hydrogen-bond donors (Lipinski definition) is 1. The summed E-state index contributed by atoms with van der Waals surface area (Å²) in [7, 11) is 0. The monoisotopic (exact) mass is 332 g/mol. The smallest absolute Gasteiger partial charge is 0.303 e. The molecule has 1 N–H and O–H groups in total. The molecule has 130 valence electrons. The number of halogens is 1. The number of hydrogen-bond acceptors (Lipinski definition) is 2. The summed E-state index contributed by atoms with van der Waals surface area (Å²) in [5.41, 5.74) is 0.947. The molecule has 0 aromatic heterocycles. The maximum atomic E-state index is 12.9. The molecule has 2 atom stereocenters. The molecule has 1 saturated carbocycles. The molecule has 0 unspecified atom stereocenters. The van der Waals surface area contributed by atoms with Crippen LogP contribution in [0.3, 0.4) is 0 Å². The molecular weight excluding hydrogens is 307 g/mol. The summed E-state index contributed by atoms with van der Waals surface area (Å²) >= 11 is 0. The molecule has 0 aliphatic heterocycles. The lowest BCUT2D eigenvalue weighted by atomic mass is 9.89. The minimum atomic E-state index is -0.744. The number of carboxylic acids is 1. The fourth-order valence-corrected chi connectivity index (χ4v) is 3.34. The van der Waals surface area contributed by atoms with Crippen molar-refractivity contribution in [2.24, 2.45) is 11.8 Å². The number of carboxylic acid groups (broad SMARTS) is 1. The van der Waals surface area contributed by atoms with Crippen LogP contribution in [-0.2, 0) is 9.59 Å². The molecule has 1 aromatic carbocycles. The summed E-state index contributed by atoms with van der Waals surface area (Å²) in [5.74, 6) is -0.298. The van der Waals surface area contributed by atoms with Gasteiger partial charge in [0.25, 0.3) is 0 Å². The van der Waals surface area contributed by atoms with E-state index in [-0.39, 0.29) is 24.1 Å². The Morgan fingerprint density at radius 1 is 1.17 bits per heavy atom. The van der Waals surface area contributed by atoms with Gasteiger partial charge in [0, 0.05) is 18.8 Å². The molecule has 0 spiro atoms. The Morgan fingerprint density at radius 2 is 1.88 bits per heavy atom. The third-order valence-electron chi connectivity index (χ3n) is 4.72. The SMILES string of the molecule is O=C(O)CCCCCC[C@@H]1C(=O)CC[C@H]1C=Cc1ccc(F)cc1. The van der Waals surface area contributed by atoms with Gasteiger partial charge in [-0.1, -0.05) is 43.5 Å². The molecule has 3 nitrogen and oxygen atoms in total. The number of unbranched alkanes of at least 4 members (excludes halogenated alkanes) is 3. The molecule has 1 aromatic rings. The third-order valence-corrected chi connectivity index (χ3v) is 4.72. The van der Waals surface area contributed by atoms with Crippen molar-refractivity contribution >= 4 is 17.8 Å². The second-order valence-electron chi connectivity index (χ2n) is 6.53. The summed E-state index contributed by atoms with van der Waals surface area (Å²) in [6.07, 6.45) is 10.3. The topological polar surface area (TPSA) is 54.4 Å². The number of ketones is 1. The highest BCUT2D eigenvalue weighted by atomic mass is 19.1. The molecule has 0 bridgehead atoms. The molecule has 0 amide bonds. The van der Waals surface area contributed by atoms with Crippen molar-refractivity contribution in [2.75, 3.05) is 0 Å². The highest BCUT2D eigenvalue weighted by Crippen LogP contribution is 2.34. The van der Waals surface area contributed by atoms with E-state index in [1.165, 1.54) is 12.1 Å². The fourth-order valence-electron chi connectivity index (χ4n) is 3.34. The standard InChI is InChI=1S/C20H25FO3/c21-17-12-8-15(9-13-17)7-10-16-11-14-19(22)18(16)5-3-1-2-4-6-20(23)24/h7-10,12-13,16,18H,1-6,11,14H2,(H,23,24)/t16-,18+/m1/s1. The Labute approximate surface area is 142 Å². The van der Waals surface area contributed by atoms with Crippen LogP contribution in [0, 0.1) is 17.7 Å². The van der Waals surface area contributed by atoms with Crippen molar-refractivity contribution in [2.45, 2.75) is 51.4 Å². The van der Waals surface area contributed by atoms with Crippen LogP contribution in [0.5, 0.6) is 0 Å². The van der Waals surface area contributed by atoms with Crippen molar-refractivity contribution in [3.05, 3.63) is 41.7 Å². The normalized spacial score (nSPS) is 20.8. The van der Waals surface area contributed by atoms with Gasteiger partial charge in [0.15, 0.2) is 0 Å². The first-order chi connectivity index (χ1) is 11.6. The Kier molecular flexibility index (Phi) is 7.16. The van der Waals surface area contributed by atoms with E-state index < -0.39 is 5.97 Å². The van der Waals surface area contributed by atoms with Gasteiger partial charge in [-0.3, -0.25) is 9.59 Å². The van der Waals surface area contributed by atoms with Crippen LogP contribution in [0.15, 0.2) is 30.3 Å². The molecule has 1 aliphatic carbocycles. The molecule has 2 rings (SSSR count). The molecule has 4 heteroatoms. The van der Waals surface area contributed by atoms with Gasteiger partial charge in [0.2, 0.25) is 0 Å². The van der Waals surface area contributed by atoms with E-state index in [4.69, 9.17) is 5.11 Å². The van der Waals surface area contributed by atoms with Gasteiger partial charge in [-0.15, -0.1) is 0 Å². The van der Waals surface area contributed by atoms with Crippen molar-refractivity contribution in [1.29, 1.82) is 0 Å². The van der Waals surface area contributed by atoms with E-state index in [2.05, 4.69) is 6.08 Å². The number of carbonyl (C=O) groups excluding carboxylic acids is 1. The van der Waals surface area contributed by atoms with Crippen LogP contribution >= 0.6 is 0 Å². The predicted octanol–water partition coefficient (Wildman–Crippen LogP) is 4.86. The Bertz CT molecular complexity index is 577. The molecule has 0 heterocycles. The van der Waals surface area contributed by atoms with E-state index in [1.807, 2.05) is 6.08 Å². The predicted molar refractivity (Wildman–Crippen MR) is 92.0 cm³/mol. The Hall–Kier alpha value is -1.97. The zero-order chi connectivity index (χ0) is 17.4. The quantitative estimate of drug-likeness (QED) is 0.657. The molecule has 0 radical (unpaired) electrons. The lowest BCUT2D eigenvalue weighted by Crippen LogP contribution is -2.13. The van der Waals surface area contributed by atoms with E-state index in [1.54, 1.807) is 12.1 Å². The number of benzene rings is 1. The van der Waals surface area contributed by atoms with Crippen molar-refractivity contribution < 1.29 is 19.1 Å². The van der Waals surface area contributed by atoms with Crippen LogP contribution in [0.1, 0.15) is 56.9 Å². The Balaban J connectivity index is 1.78. The van der Waals surface area contributed by atoms with Gasteiger partial charge < -0.3 is 5.11 Å². The van der Waals surface area contributed by atoms with Crippen LogP contribution in [0.2, 0.25) is 0 Å². The highest BCUT2D eigenvalue weighted by Gasteiger charge is 2.32. The van der Waals surface area contributed by atoms with Gasteiger partial charge in [-0.2, -0.15) is 0 Å². The van der Waals surface area contributed by atoms with Gasteiger partial charge in [0.05, 0.1) is 0 Å². The number of carbonyl (C=O) groups is 2. The maximum absolute atomic E-state index is 12.9. The van der Waals surface area contributed by atoms with Gasteiger partial charge >= 0.3 is 5.97 Å². The van der Waals surface area contributed by atoms with Crippen molar-refractivity contribution in [3.8, 4) is 0 Å². The Morgan fingerprint density at radius 3 is 2.58 bits per heavy atom. The first-order valence-corrected chi connectivity index (χ1v) is 8.74. The minimum Gasteiger partial charge on any atom is -0.481 e. The van der Waals surface area contributed by atoms with Gasteiger partial charge in [-0.25, -0.2) is 4.39 Å². The molecular formula is C20H25FO3. The summed E-state index contributed by atoms with van der Waals surface area (Å²) in [6.45, 7) is 0. The minimum absolute atomic E-state index is 0.0844. The average molecular weight is 332 g/mol. The zero-order valence-electron chi connectivity index (χ0n) is 13.9. The van der Waals surface area contributed by atoms with E-state index in [9.17, 15) is 14.0 Å². The number of allylic oxidation sites excluding steroid dienone is 1. The summed E-state index contributed by atoms with van der Waals surface area (Å²) in [5, 5.41) is 8.61. The number of aliphatic carboxylic acids is 1. The average Bonchev–Trinajstić information content (AvgIpc) is 2.90. The van der Waals surface area contributed by atoms with Gasteiger partial charge in [0.1, 0.15) is 11.6 Å². The maximum Gasteiger partial charge on any atom is 0.303 e. The summed E-state index contributed by atoms with van der Waals surface area (Å²) in [4.78, 5) is 22.6. The summed E-state index contributed by atoms with van der Waals surface area (Å²) in [6, 6.07) is 6.35. The largest absolute Gasteiger partial charge is 0.481 e. The second-order valence-corrected chi connectivity index (χ2v) is 6.53. The van der Waals surface area contributed by atoms with Crippen LogP contribution in [0.4, 0.5) is 4.39 Å². The van der Waals surface area contributed by atoms with E-state index >= 15 is 0 Å². The highest BCUT2D eigenvalue weighted by molar-refractivity contribution is 5.83. The van der Waals surface area contributed by atoms with Crippen molar-refractivity contribution in [3.63, 3.8) is 0 Å². The molecule has 1 aliphatic rings. The van der Waals surface area contributed by atoms with Crippen LogP contribution < -0.4 is 0 Å². The summed E-state index contributed by atoms with van der Waals surface area (Å²) < 4.78 is 12.9. The lowest BCUT2D eigenvalue weighted by molar-refractivity contribution is -0.137. The molecule has 1 fully saturated rings. The lowest BCUT2D eigenvalue weighted by Gasteiger charge is -2.14. The van der Waals surface area contributed by atoms with E-state index in [0.29, 0.717) is 18.6 Å². The second kappa shape index (κ2) is 9.36. The van der Waals surface area contributed by atoms with E-state index in [0.717, 1.165) is 37.7 Å². The first-order valence-electron chi connectivity index (χ1n) is 8.74. The number of Topliss-reactive ketones (excluding diaryl/α,β-unsaturated/α-hetero) is 1. The number of rotatable bonds is 9. The van der Waals surface area contributed by atoms with Gasteiger partial charge in [-0.05, 0) is 42.9 Å². The van der Waals surface area contributed by atoms with Crippen LogP contribution in [-0.4, -0.2) is 16.9 Å². The van der Waals surface area contributed by atoms with Crippen molar-refractivity contribution in [1.82, 2.24) is 0 Å². The zero-order valence-corrected chi connectivity index (χ0v) is 13.9.